The van der Waals surface area contributed by atoms with Crippen LogP contribution in [0.15, 0.2) is 164 Å². The summed E-state index contributed by atoms with van der Waals surface area (Å²) in [5, 5.41) is 24.3. The molecule has 14 rings (SSSR count). The number of nitrogens with one attached hydrogen (secondary N) is 2. The van der Waals surface area contributed by atoms with E-state index in [9.17, 15) is 60.2 Å². The third kappa shape index (κ3) is 17.2. The molecule has 18 nitrogen and oxygen atoms in total. The normalized spacial score (nSPS) is 14.5. The molecule has 3 N–H and O–H groups in total. The zero-order chi connectivity index (χ0) is 67.7. The molecule has 25 heteroatoms. The zero-order valence-electron chi connectivity index (χ0n) is 52.8. The quantitative estimate of drug-likeness (QED) is 0.0332. The first-order valence-electron chi connectivity index (χ1n) is 30.4. The molecule has 12 aromatic rings. The summed E-state index contributed by atoms with van der Waals surface area (Å²) < 4.78 is 121. The monoisotopic (exact) mass is 1520 g/mol. The van der Waals surface area contributed by atoms with Crippen molar-refractivity contribution in [2.24, 2.45) is 0 Å². The molecule has 2 fully saturated rings. The SMILES string of the molecule is CCOC(=O)Cc1coc2cc3ccc(O)cc3cc12.CCOC(=O)Cc1coc2cc3ccc(OCC(F)F)cc3cc12.O=C1CCC(c2coc3cc4ccc(OCC(F)F)cc4cc23)C(=O)N1.O=C1CCC(c2coc3cc4ccc(OCC(F)F)cc4cc23)C(=O)N1.[CH3-].[W]. The Balaban J connectivity index is 0.000000153. The molecule has 2 aliphatic rings. The molecule has 2 aliphatic heterocycles. The number of carbonyl (C=O) groups is 6. The number of benzene rings is 8. The van der Waals surface area contributed by atoms with Crippen LogP contribution in [0.5, 0.6) is 23.0 Å². The van der Waals surface area contributed by atoms with E-state index in [1.807, 2.05) is 54.6 Å². The number of halogens is 6. The van der Waals surface area contributed by atoms with Gasteiger partial charge in [0.15, 0.2) is 0 Å². The minimum Gasteiger partial charge on any atom is -0.508 e. The van der Waals surface area contributed by atoms with Crippen molar-refractivity contribution in [1.82, 2.24) is 10.6 Å². The van der Waals surface area contributed by atoms with Crippen molar-refractivity contribution in [1.29, 1.82) is 0 Å². The van der Waals surface area contributed by atoms with Gasteiger partial charge < -0.3 is 53.9 Å². The van der Waals surface area contributed by atoms with Gasteiger partial charge in [-0.05, 0) is 167 Å². The number of phenolic OH excluding ortho intramolecular Hbond substituents is 1. The minimum absolute atomic E-state index is 0. The van der Waals surface area contributed by atoms with Crippen LogP contribution in [0.2, 0.25) is 0 Å². The van der Waals surface area contributed by atoms with E-state index in [2.05, 4.69) is 10.6 Å². The average Bonchev–Trinajstić information content (AvgIpc) is 1.57. The summed E-state index contributed by atoms with van der Waals surface area (Å²) in [6, 6.07) is 35.3. The van der Waals surface area contributed by atoms with E-state index in [0.717, 1.165) is 81.3 Å². The number of alkyl halides is 6. The number of aromatic hydroxyl groups is 1. The molecule has 2 unspecified atom stereocenters. The minimum atomic E-state index is -2.54. The Morgan fingerprint density at radius 1 is 0.459 bits per heavy atom. The Morgan fingerprint density at radius 2 is 0.786 bits per heavy atom. The maximum absolute atomic E-state index is 12.3. The molecule has 510 valence electrons. The van der Waals surface area contributed by atoms with Crippen molar-refractivity contribution in [3.8, 4) is 23.0 Å². The Kier molecular flexibility index (Phi) is 23.6. The van der Waals surface area contributed by atoms with Crippen molar-refractivity contribution in [3.63, 3.8) is 0 Å². The van der Waals surface area contributed by atoms with Crippen molar-refractivity contribution < 1.29 is 123 Å². The third-order valence-corrected chi connectivity index (χ3v) is 15.9. The molecule has 0 spiro atoms. The van der Waals surface area contributed by atoms with Crippen LogP contribution >= 0.6 is 0 Å². The predicted molar refractivity (Wildman–Crippen MR) is 348 cm³/mol. The van der Waals surface area contributed by atoms with Crippen molar-refractivity contribution >= 4 is 123 Å². The summed E-state index contributed by atoms with van der Waals surface area (Å²) in [7, 11) is 0. The molecule has 0 aliphatic carbocycles. The van der Waals surface area contributed by atoms with Crippen LogP contribution in [-0.4, -0.2) is 93.0 Å². The maximum Gasteiger partial charge on any atom is 0.310 e. The van der Waals surface area contributed by atoms with Crippen LogP contribution in [0.1, 0.15) is 73.6 Å². The molecule has 98 heavy (non-hydrogen) atoms. The van der Waals surface area contributed by atoms with Crippen molar-refractivity contribution in [2.75, 3.05) is 33.0 Å². The fourth-order valence-electron chi connectivity index (χ4n) is 11.4. The van der Waals surface area contributed by atoms with Gasteiger partial charge in [-0.1, -0.05) is 24.3 Å². The second-order valence-electron chi connectivity index (χ2n) is 22.4. The fourth-order valence-corrected chi connectivity index (χ4v) is 11.4. The second-order valence-corrected chi connectivity index (χ2v) is 22.4. The van der Waals surface area contributed by atoms with E-state index in [1.54, 1.807) is 86.8 Å². The van der Waals surface area contributed by atoms with Crippen LogP contribution < -0.4 is 24.8 Å². The molecule has 4 amide bonds. The average molecular weight is 1520 g/mol. The number of esters is 2. The summed E-state index contributed by atoms with van der Waals surface area (Å²) in [5.41, 5.74) is 5.58. The molecule has 0 radical (unpaired) electrons. The zero-order valence-corrected chi connectivity index (χ0v) is 55.7. The maximum atomic E-state index is 12.3. The first kappa shape index (κ1) is 71.9. The number of imide groups is 2. The van der Waals surface area contributed by atoms with Crippen LogP contribution in [0.3, 0.4) is 0 Å². The molecule has 2 atom stereocenters. The third-order valence-electron chi connectivity index (χ3n) is 15.9. The molecule has 0 saturated carbocycles. The second kappa shape index (κ2) is 32.1. The van der Waals surface area contributed by atoms with E-state index in [-0.39, 0.29) is 95.5 Å². The van der Waals surface area contributed by atoms with Crippen LogP contribution in [0.4, 0.5) is 26.3 Å². The molecule has 2 saturated heterocycles. The molecule has 4 aromatic heterocycles. The van der Waals surface area contributed by atoms with Gasteiger partial charge in [0, 0.05) is 77.7 Å². The molecular formula is C73H63F6N2O16W-. The van der Waals surface area contributed by atoms with Crippen molar-refractivity contribution in [3.05, 3.63) is 176 Å². The molecule has 6 heterocycles. The summed E-state index contributed by atoms with van der Waals surface area (Å²) in [5.74, 6) is -1.43. The number of fused-ring (bicyclic) bond motifs is 8. The van der Waals surface area contributed by atoms with E-state index < -0.39 is 50.9 Å². The van der Waals surface area contributed by atoms with Crippen LogP contribution in [0, 0.1) is 7.43 Å². The largest absolute Gasteiger partial charge is 0.508 e. The predicted octanol–water partition coefficient (Wildman–Crippen LogP) is 15.7. The Bertz CT molecular complexity index is 4740. The fraction of sp³-hybridized carbons (Fsp3) is 0.247. The number of phenols is 1. The van der Waals surface area contributed by atoms with E-state index in [1.165, 1.54) is 18.8 Å². The van der Waals surface area contributed by atoms with Crippen LogP contribution in [-0.2, 0) is 72.1 Å². The topological polar surface area (TPSA) is 245 Å². The summed E-state index contributed by atoms with van der Waals surface area (Å²) >= 11 is 0. The summed E-state index contributed by atoms with van der Waals surface area (Å²) in [6.45, 7) is 2.24. The standard InChI is InChI=1S/2C19H15F2NO4.C18H16F2O4.C16H14O4.CH3.W/c2*20-17(21)9-25-12-2-1-10-7-16-14(6-11(10)5-12)15(8-26-16)13-3-4-18(23)22-19(13)24;1-2-22-18(21)8-13-9-24-16-7-11-3-4-14(23-10-17(19)20)5-12(11)6-15(13)16;1-2-19-16(18)8-12-9-20-15-7-10-3-4-13(17)5-11(10)6-14(12)15;;/h2*1-2,5-8,13,17H,3-4,9H2,(H,22,23,24);3-7,9,17H,2,8,10H2,1H3;3-7,9,17H,2,8H2,1H3;1H3;/q;;;;-1;. The number of ether oxygens (including phenoxy) is 5. The van der Waals surface area contributed by atoms with E-state index >= 15 is 0 Å². The van der Waals surface area contributed by atoms with Gasteiger partial charge in [0.25, 0.3) is 19.3 Å². The van der Waals surface area contributed by atoms with E-state index in [0.29, 0.717) is 71.2 Å². The van der Waals surface area contributed by atoms with Crippen molar-refractivity contribution in [2.45, 2.75) is 83.5 Å². The summed E-state index contributed by atoms with van der Waals surface area (Å²) in [4.78, 5) is 70.2. The van der Waals surface area contributed by atoms with Gasteiger partial charge >= 0.3 is 11.9 Å². The Morgan fingerprint density at radius 3 is 1.13 bits per heavy atom. The first-order chi connectivity index (χ1) is 46.2. The number of rotatable bonds is 17. The molecular weight excluding hydrogens is 1460 g/mol. The number of piperidine rings is 2. The van der Waals surface area contributed by atoms with Gasteiger partial charge in [0.1, 0.15) is 65.2 Å². The van der Waals surface area contributed by atoms with Gasteiger partial charge in [0.2, 0.25) is 23.6 Å². The van der Waals surface area contributed by atoms with Gasteiger partial charge in [0.05, 0.1) is 62.9 Å². The van der Waals surface area contributed by atoms with Gasteiger partial charge in [-0.2, -0.15) is 0 Å². The number of hydrogen-bond donors (Lipinski definition) is 3. The first-order valence-corrected chi connectivity index (χ1v) is 30.4. The Labute approximate surface area is 568 Å². The number of furan rings is 4. The molecule has 0 bridgehead atoms. The van der Waals surface area contributed by atoms with Gasteiger partial charge in [-0.25, -0.2) is 26.3 Å². The molecule has 8 aromatic carbocycles. The number of amides is 4. The number of hydrogen-bond acceptors (Lipinski definition) is 16. The van der Waals surface area contributed by atoms with Gasteiger partial charge in [-0.15, -0.1) is 0 Å². The number of carbonyl (C=O) groups excluding carboxylic acids is 6. The summed E-state index contributed by atoms with van der Waals surface area (Å²) in [6.07, 6.45) is 0.313. The van der Waals surface area contributed by atoms with Crippen LogP contribution in [0.25, 0.3) is 87.0 Å². The Hall–Kier alpha value is -10.4. The van der Waals surface area contributed by atoms with E-state index in [4.69, 9.17) is 41.4 Å². The smallest absolute Gasteiger partial charge is 0.310 e. The van der Waals surface area contributed by atoms with Gasteiger partial charge in [-0.3, -0.25) is 39.4 Å².